The second-order valence-corrected chi connectivity index (χ2v) is 14.1. The van der Waals surface area contributed by atoms with E-state index in [0.717, 1.165) is 12.8 Å². The molecule has 0 saturated carbocycles. The van der Waals surface area contributed by atoms with Gasteiger partial charge in [-0.1, -0.05) is 25.1 Å². The lowest BCUT2D eigenvalue weighted by molar-refractivity contribution is -0.00835. The number of likely N-dealkylation sites (N-methyl/N-ethyl adjacent to an activating group) is 1. The van der Waals surface area contributed by atoms with E-state index in [2.05, 4.69) is 15.6 Å². The zero-order chi connectivity index (χ0) is 34.1. The topological polar surface area (TPSA) is 155 Å². The Labute approximate surface area is 276 Å². The van der Waals surface area contributed by atoms with Crippen molar-refractivity contribution in [3.05, 3.63) is 66.6 Å². The summed E-state index contributed by atoms with van der Waals surface area (Å²) in [6, 6.07) is 12.9. The molecule has 3 N–H and O–H groups in total. The van der Waals surface area contributed by atoms with E-state index in [-0.39, 0.29) is 42.3 Å². The van der Waals surface area contributed by atoms with Gasteiger partial charge in [-0.3, -0.25) is 4.79 Å². The molecule has 13 nitrogen and oxygen atoms in total. The molecule has 2 aromatic carbocycles. The van der Waals surface area contributed by atoms with E-state index < -0.39 is 34.1 Å². The first-order chi connectivity index (χ1) is 22.4. The van der Waals surface area contributed by atoms with Crippen LogP contribution in [0.3, 0.4) is 0 Å². The third-order valence-electron chi connectivity index (χ3n) is 8.13. The molecule has 256 valence electrons. The van der Waals surface area contributed by atoms with Crippen LogP contribution in [0.25, 0.3) is 0 Å². The molecule has 0 fully saturated rings. The Kier molecular flexibility index (Phi) is 12.4. The standard InChI is InChI=1S/C33H46N6O7S/c1-23-18-39(24(2)21-40)32(41)28-17-27(36-33(42)35-26-12-7-6-8-13-26)14-15-29(28)46-25(3)11-9-10-16-45-30(23)19-38(5)47(43,44)31-20-37(4)22-34-31/h6-8,12-15,17,20,22-25,30,40H,9-11,16,18-19,21H2,1-5H3,(H2,35,36,42)/t23-,24+,25+,30-/m1/s1. The molecule has 4 atom stereocenters. The number of aromatic nitrogens is 2. The maximum atomic E-state index is 14.3. The first kappa shape index (κ1) is 35.9. The van der Waals surface area contributed by atoms with Crippen molar-refractivity contribution < 1.29 is 32.6 Å². The molecule has 0 saturated heterocycles. The van der Waals surface area contributed by atoms with Crippen LogP contribution >= 0.6 is 0 Å². The number of fused-ring (bicyclic) bond motifs is 1. The SMILES string of the molecule is C[C@@H]1CN([C@@H](C)CO)C(=O)c2cc(NC(=O)Nc3ccccc3)ccc2O[C@@H](C)CCCCO[C@@H]1CN(C)S(=O)(=O)c1cn(C)cn1. The fourth-order valence-electron chi connectivity index (χ4n) is 5.31. The number of aliphatic hydroxyl groups excluding tert-OH is 1. The number of aryl methyl sites for hydroxylation is 1. The second kappa shape index (κ2) is 16.2. The molecule has 1 aromatic heterocycles. The third kappa shape index (κ3) is 9.53. The number of rotatable bonds is 8. The van der Waals surface area contributed by atoms with Crippen LogP contribution < -0.4 is 15.4 Å². The van der Waals surface area contributed by atoms with Gasteiger partial charge >= 0.3 is 6.03 Å². The summed E-state index contributed by atoms with van der Waals surface area (Å²) in [5.74, 6) is -0.373. The number of nitrogens with zero attached hydrogens (tertiary/aromatic N) is 4. The maximum Gasteiger partial charge on any atom is 0.323 e. The molecular formula is C33H46N6O7S. The fraction of sp³-hybridized carbons (Fsp3) is 0.485. The highest BCUT2D eigenvalue weighted by Crippen LogP contribution is 2.29. The van der Waals surface area contributed by atoms with Crippen LogP contribution in [0.1, 0.15) is 50.4 Å². The van der Waals surface area contributed by atoms with Crippen molar-refractivity contribution in [2.24, 2.45) is 13.0 Å². The molecule has 4 rings (SSSR count). The highest BCUT2D eigenvalue weighted by atomic mass is 32.2. The Morgan fingerprint density at radius 3 is 2.53 bits per heavy atom. The average Bonchev–Trinajstić information content (AvgIpc) is 3.49. The number of urea groups is 1. The van der Waals surface area contributed by atoms with E-state index in [1.807, 2.05) is 32.0 Å². The molecule has 0 spiro atoms. The number of carbonyl (C=O) groups is 2. The Hall–Kier alpha value is -3.98. The van der Waals surface area contributed by atoms with Gasteiger partial charge in [-0.05, 0) is 63.4 Å². The number of hydrogen-bond donors (Lipinski definition) is 3. The molecule has 3 aromatic rings. The first-order valence-electron chi connectivity index (χ1n) is 15.8. The number of anilines is 2. The lowest BCUT2D eigenvalue weighted by Crippen LogP contribution is -2.48. The highest BCUT2D eigenvalue weighted by Gasteiger charge is 2.33. The number of amides is 3. The van der Waals surface area contributed by atoms with Gasteiger partial charge in [0.2, 0.25) is 0 Å². The summed E-state index contributed by atoms with van der Waals surface area (Å²) >= 11 is 0. The Balaban J connectivity index is 1.62. The summed E-state index contributed by atoms with van der Waals surface area (Å²) in [5, 5.41) is 15.7. The predicted molar refractivity (Wildman–Crippen MR) is 179 cm³/mol. The summed E-state index contributed by atoms with van der Waals surface area (Å²) in [4.78, 5) is 32.6. The molecule has 0 aliphatic carbocycles. The quantitative estimate of drug-likeness (QED) is 0.323. The minimum absolute atomic E-state index is 0.0380. The van der Waals surface area contributed by atoms with Crippen molar-refractivity contribution in [3.8, 4) is 5.75 Å². The summed E-state index contributed by atoms with van der Waals surface area (Å²) in [5.41, 5.74) is 1.23. The number of para-hydroxylation sites is 1. The third-order valence-corrected chi connectivity index (χ3v) is 9.84. The van der Waals surface area contributed by atoms with Crippen LogP contribution in [0.2, 0.25) is 0 Å². The number of nitrogens with one attached hydrogen (secondary N) is 2. The Bertz CT molecular complexity index is 1600. The molecule has 0 bridgehead atoms. The van der Waals surface area contributed by atoms with E-state index in [1.54, 1.807) is 53.8 Å². The van der Waals surface area contributed by atoms with E-state index in [4.69, 9.17) is 9.47 Å². The van der Waals surface area contributed by atoms with Crippen LogP contribution in [0, 0.1) is 5.92 Å². The van der Waals surface area contributed by atoms with Crippen LogP contribution in [0.4, 0.5) is 16.2 Å². The van der Waals surface area contributed by atoms with Crippen LogP contribution in [-0.4, -0.2) is 95.8 Å². The van der Waals surface area contributed by atoms with E-state index >= 15 is 0 Å². The maximum absolute atomic E-state index is 14.3. The van der Waals surface area contributed by atoms with E-state index in [0.29, 0.717) is 30.2 Å². The lowest BCUT2D eigenvalue weighted by Gasteiger charge is -2.35. The van der Waals surface area contributed by atoms with Crippen molar-refractivity contribution in [3.63, 3.8) is 0 Å². The number of hydrogen-bond acceptors (Lipinski definition) is 8. The number of benzene rings is 2. The minimum Gasteiger partial charge on any atom is -0.490 e. The second-order valence-electron chi connectivity index (χ2n) is 12.1. The van der Waals surface area contributed by atoms with Gasteiger partial charge in [-0.25, -0.2) is 18.2 Å². The van der Waals surface area contributed by atoms with Crippen molar-refractivity contribution in [1.29, 1.82) is 0 Å². The monoisotopic (exact) mass is 670 g/mol. The summed E-state index contributed by atoms with van der Waals surface area (Å²) < 4.78 is 41.9. The molecular weight excluding hydrogens is 624 g/mol. The average molecular weight is 671 g/mol. The predicted octanol–water partition coefficient (Wildman–Crippen LogP) is 4.18. The number of imidazole rings is 1. The lowest BCUT2D eigenvalue weighted by atomic mass is 10.0. The van der Waals surface area contributed by atoms with Crippen LogP contribution in [0.15, 0.2) is 66.1 Å². The van der Waals surface area contributed by atoms with Gasteiger partial charge in [0, 0.05) is 57.3 Å². The van der Waals surface area contributed by atoms with Crippen LogP contribution in [-0.2, 0) is 21.8 Å². The molecule has 47 heavy (non-hydrogen) atoms. The summed E-state index contributed by atoms with van der Waals surface area (Å²) in [7, 11) is -0.696. The normalized spacial score (nSPS) is 20.5. The molecule has 1 aliphatic rings. The smallest absolute Gasteiger partial charge is 0.323 e. The van der Waals surface area contributed by atoms with Gasteiger partial charge < -0.3 is 34.7 Å². The van der Waals surface area contributed by atoms with Crippen molar-refractivity contribution in [2.75, 3.05) is 44.0 Å². The largest absolute Gasteiger partial charge is 0.490 e. The first-order valence-corrected chi connectivity index (χ1v) is 17.2. The van der Waals surface area contributed by atoms with Gasteiger partial charge in [0.1, 0.15) is 5.75 Å². The van der Waals surface area contributed by atoms with Crippen LogP contribution in [0.5, 0.6) is 5.75 Å². The van der Waals surface area contributed by atoms with Gasteiger partial charge in [-0.2, -0.15) is 4.31 Å². The zero-order valence-electron chi connectivity index (χ0n) is 27.6. The molecule has 1 aliphatic heterocycles. The number of aliphatic hydroxyl groups is 1. The van der Waals surface area contributed by atoms with Gasteiger partial charge in [0.15, 0.2) is 5.03 Å². The number of carbonyl (C=O) groups excluding carboxylic acids is 2. The Morgan fingerprint density at radius 2 is 1.85 bits per heavy atom. The van der Waals surface area contributed by atoms with E-state index in [1.165, 1.54) is 23.9 Å². The van der Waals surface area contributed by atoms with Crippen molar-refractivity contribution in [1.82, 2.24) is 18.8 Å². The summed E-state index contributed by atoms with van der Waals surface area (Å²) in [6.45, 7) is 5.85. The Morgan fingerprint density at radius 1 is 1.13 bits per heavy atom. The van der Waals surface area contributed by atoms with Gasteiger partial charge in [0.25, 0.3) is 15.9 Å². The molecule has 0 radical (unpaired) electrons. The molecule has 2 heterocycles. The van der Waals surface area contributed by atoms with Gasteiger partial charge in [-0.15, -0.1) is 0 Å². The van der Waals surface area contributed by atoms with Gasteiger partial charge in [0.05, 0.1) is 36.7 Å². The number of sulfonamides is 1. The fourth-order valence-corrected chi connectivity index (χ4v) is 6.45. The zero-order valence-corrected chi connectivity index (χ0v) is 28.4. The highest BCUT2D eigenvalue weighted by molar-refractivity contribution is 7.89. The molecule has 14 heteroatoms. The minimum atomic E-state index is -3.88. The van der Waals surface area contributed by atoms with Crippen molar-refractivity contribution >= 4 is 33.3 Å². The van der Waals surface area contributed by atoms with E-state index in [9.17, 15) is 23.1 Å². The molecule has 0 unspecified atom stereocenters. The number of ether oxygens (including phenoxy) is 2. The molecule has 3 amide bonds. The summed E-state index contributed by atoms with van der Waals surface area (Å²) in [6.07, 6.45) is 4.31. The van der Waals surface area contributed by atoms with Crippen molar-refractivity contribution in [2.45, 2.75) is 63.3 Å².